The van der Waals surface area contributed by atoms with Crippen LogP contribution >= 0.6 is 39.3 Å². The second-order valence-electron chi connectivity index (χ2n) is 6.90. The van der Waals surface area contributed by atoms with Gasteiger partial charge < -0.3 is 0 Å². The number of nitro benzene ring substituents is 1. The van der Waals surface area contributed by atoms with Gasteiger partial charge in [-0.15, -0.1) is 10.2 Å². The van der Waals surface area contributed by atoms with Gasteiger partial charge in [0.05, 0.1) is 16.9 Å². The maximum atomic E-state index is 12.4. The van der Waals surface area contributed by atoms with Crippen LogP contribution in [0.2, 0.25) is 5.02 Å². The van der Waals surface area contributed by atoms with Crippen molar-refractivity contribution in [2.75, 3.05) is 5.75 Å². The van der Waals surface area contributed by atoms with Gasteiger partial charge in [-0.05, 0) is 42.5 Å². The lowest BCUT2D eigenvalue weighted by atomic mass is 10.2. The molecule has 176 valence electrons. The third-order valence-corrected chi connectivity index (χ3v) is 6.37. The van der Waals surface area contributed by atoms with Crippen molar-refractivity contribution in [2.24, 2.45) is 5.10 Å². The molecule has 0 aliphatic rings. The van der Waals surface area contributed by atoms with E-state index >= 15 is 0 Å². The smallest absolute Gasteiger partial charge is 0.270 e. The number of non-ortho nitro benzene ring substituents is 1. The molecule has 2 aromatic heterocycles. The van der Waals surface area contributed by atoms with Crippen molar-refractivity contribution in [1.29, 1.82) is 0 Å². The summed E-state index contributed by atoms with van der Waals surface area (Å²) in [5.74, 6) is 0.213. The molecule has 0 aliphatic carbocycles. The monoisotopic (exact) mass is 571 g/mol. The van der Waals surface area contributed by atoms with E-state index in [1.807, 2.05) is 41.0 Å². The number of nitro groups is 1. The Balaban J connectivity index is 1.49. The Morgan fingerprint density at radius 3 is 2.63 bits per heavy atom. The van der Waals surface area contributed by atoms with Gasteiger partial charge in [0.25, 0.3) is 11.6 Å². The van der Waals surface area contributed by atoms with Crippen LogP contribution in [0.3, 0.4) is 0 Å². The van der Waals surface area contributed by atoms with Crippen molar-refractivity contribution in [3.05, 3.63) is 92.2 Å². The lowest BCUT2D eigenvalue weighted by Crippen LogP contribution is -2.20. The topological polar surface area (TPSA) is 128 Å². The average molecular weight is 573 g/mol. The molecule has 4 rings (SSSR count). The van der Waals surface area contributed by atoms with E-state index in [0.717, 1.165) is 15.7 Å². The Labute approximate surface area is 216 Å². The SMILES string of the molecule is O=C(CSc1nnc(-c2ccncc2)n1-c1ccc(Br)cc1)N/N=C\c1cc([N+](=O)[O-])ccc1Cl. The summed E-state index contributed by atoms with van der Waals surface area (Å²) < 4.78 is 2.78. The van der Waals surface area contributed by atoms with E-state index in [1.54, 1.807) is 12.4 Å². The van der Waals surface area contributed by atoms with Crippen LogP contribution in [0, 0.1) is 10.1 Å². The normalized spacial score (nSPS) is 11.0. The number of benzene rings is 2. The van der Waals surface area contributed by atoms with Crippen LogP contribution < -0.4 is 5.43 Å². The first-order valence-electron chi connectivity index (χ1n) is 9.93. The number of nitrogens with zero attached hydrogens (tertiary/aromatic N) is 6. The van der Waals surface area contributed by atoms with E-state index in [9.17, 15) is 14.9 Å². The number of rotatable bonds is 8. The van der Waals surface area contributed by atoms with Crippen molar-refractivity contribution >= 4 is 57.1 Å². The molecule has 10 nitrogen and oxygen atoms in total. The molecule has 0 radical (unpaired) electrons. The maximum absolute atomic E-state index is 12.4. The van der Waals surface area contributed by atoms with Gasteiger partial charge in [-0.1, -0.05) is 39.3 Å². The van der Waals surface area contributed by atoms with Crippen LogP contribution in [-0.4, -0.2) is 42.5 Å². The molecule has 0 saturated carbocycles. The minimum atomic E-state index is -0.537. The number of nitrogens with one attached hydrogen (secondary N) is 1. The van der Waals surface area contributed by atoms with Crippen molar-refractivity contribution in [3.63, 3.8) is 0 Å². The number of pyridine rings is 1. The highest BCUT2D eigenvalue weighted by molar-refractivity contribution is 9.10. The number of carbonyl (C=O) groups excluding carboxylic acids is 1. The fraction of sp³-hybridized carbons (Fsp3) is 0.0455. The number of amides is 1. The second-order valence-corrected chi connectivity index (χ2v) is 9.16. The van der Waals surface area contributed by atoms with Gasteiger partial charge in [0, 0.05) is 50.8 Å². The highest BCUT2D eigenvalue weighted by atomic mass is 79.9. The molecule has 2 heterocycles. The molecule has 2 aromatic carbocycles. The molecule has 35 heavy (non-hydrogen) atoms. The predicted molar refractivity (Wildman–Crippen MR) is 137 cm³/mol. The van der Waals surface area contributed by atoms with Gasteiger partial charge in [-0.25, -0.2) is 5.43 Å². The van der Waals surface area contributed by atoms with E-state index in [2.05, 4.69) is 41.6 Å². The molecule has 0 fully saturated rings. The molecule has 0 unspecified atom stereocenters. The van der Waals surface area contributed by atoms with Gasteiger partial charge >= 0.3 is 0 Å². The average Bonchev–Trinajstić information content (AvgIpc) is 3.29. The Hall–Kier alpha value is -3.61. The number of carbonyl (C=O) groups is 1. The van der Waals surface area contributed by atoms with E-state index < -0.39 is 10.8 Å². The largest absolute Gasteiger partial charge is 0.272 e. The van der Waals surface area contributed by atoms with Crippen molar-refractivity contribution in [2.45, 2.75) is 5.16 Å². The lowest BCUT2D eigenvalue weighted by molar-refractivity contribution is -0.384. The zero-order chi connectivity index (χ0) is 24.8. The summed E-state index contributed by atoms with van der Waals surface area (Å²) in [5.41, 5.74) is 4.22. The molecule has 0 atom stereocenters. The van der Waals surface area contributed by atoms with Crippen molar-refractivity contribution in [3.8, 4) is 17.1 Å². The molecule has 13 heteroatoms. The third kappa shape index (κ3) is 6.10. The van der Waals surface area contributed by atoms with Crippen LogP contribution in [0.25, 0.3) is 17.1 Å². The Bertz CT molecular complexity index is 1400. The molecule has 1 N–H and O–H groups in total. The van der Waals surface area contributed by atoms with Crippen LogP contribution in [-0.2, 0) is 4.79 Å². The molecular formula is C22H15BrClN7O3S. The minimum Gasteiger partial charge on any atom is -0.272 e. The molecule has 0 spiro atoms. The first-order chi connectivity index (χ1) is 16.9. The highest BCUT2D eigenvalue weighted by Gasteiger charge is 2.17. The fourth-order valence-electron chi connectivity index (χ4n) is 2.95. The number of aromatic nitrogens is 4. The zero-order valence-corrected chi connectivity index (χ0v) is 20.9. The number of hydrogen-bond donors (Lipinski definition) is 1. The molecule has 0 saturated heterocycles. The van der Waals surface area contributed by atoms with Crippen molar-refractivity contribution in [1.82, 2.24) is 25.2 Å². The van der Waals surface area contributed by atoms with Crippen LogP contribution in [0.15, 0.2) is 81.7 Å². The fourth-order valence-corrected chi connectivity index (χ4v) is 4.13. The van der Waals surface area contributed by atoms with Gasteiger partial charge in [-0.3, -0.25) is 24.5 Å². The Morgan fingerprint density at radius 1 is 1.17 bits per heavy atom. The first kappa shape index (κ1) is 24.5. The number of thioether (sulfide) groups is 1. The first-order valence-corrected chi connectivity index (χ1v) is 12.1. The quantitative estimate of drug-likeness (QED) is 0.138. The van der Waals surface area contributed by atoms with E-state index in [4.69, 9.17) is 11.6 Å². The Kier molecular flexibility index (Phi) is 7.85. The summed E-state index contributed by atoms with van der Waals surface area (Å²) in [6, 6.07) is 15.2. The standard InChI is InChI=1S/C22H15BrClN7O3S/c23-16-1-3-17(4-2-16)30-21(14-7-9-25-10-8-14)28-29-22(30)35-13-20(32)27-26-12-15-11-18(31(33)34)5-6-19(15)24/h1-12H,13H2,(H,27,32)/b26-12-. The van der Waals surface area contributed by atoms with E-state index in [1.165, 1.54) is 36.2 Å². The summed E-state index contributed by atoms with van der Waals surface area (Å²) in [4.78, 5) is 26.8. The minimum absolute atomic E-state index is 0.00498. The van der Waals surface area contributed by atoms with E-state index in [0.29, 0.717) is 16.5 Å². The van der Waals surface area contributed by atoms with Gasteiger partial charge in [0.1, 0.15) is 0 Å². The molecule has 0 aliphatic heterocycles. The Morgan fingerprint density at radius 2 is 1.91 bits per heavy atom. The van der Waals surface area contributed by atoms with Gasteiger partial charge in [0.2, 0.25) is 0 Å². The van der Waals surface area contributed by atoms with Gasteiger partial charge in [-0.2, -0.15) is 5.10 Å². The molecule has 1 amide bonds. The number of hydrazone groups is 1. The summed E-state index contributed by atoms with van der Waals surface area (Å²) in [7, 11) is 0. The van der Waals surface area contributed by atoms with Crippen molar-refractivity contribution < 1.29 is 9.72 Å². The zero-order valence-electron chi connectivity index (χ0n) is 17.7. The molecular weight excluding hydrogens is 558 g/mol. The number of halogens is 2. The summed E-state index contributed by atoms with van der Waals surface area (Å²) >= 11 is 10.7. The summed E-state index contributed by atoms with van der Waals surface area (Å²) in [6.07, 6.45) is 4.59. The van der Waals surface area contributed by atoms with Crippen LogP contribution in [0.4, 0.5) is 5.69 Å². The highest BCUT2D eigenvalue weighted by Crippen LogP contribution is 2.28. The predicted octanol–water partition coefficient (Wildman–Crippen LogP) is 4.90. The van der Waals surface area contributed by atoms with E-state index in [-0.39, 0.29) is 16.5 Å². The van der Waals surface area contributed by atoms with Crippen LogP contribution in [0.1, 0.15) is 5.56 Å². The summed E-state index contributed by atoms with van der Waals surface area (Å²) in [5, 5.41) is 24.2. The summed E-state index contributed by atoms with van der Waals surface area (Å²) in [6.45, 7) is 0. The second kappa shape index (κ2) is 11.2. The molecule has 4 aromatic rings. The third-order valence-electron chi connectivity index (χ3n) is 4.57. The molecule has 0 bridgehead atoms. The van der Waals surface area contributed by atoms with Crippen LogP contribution in [0.5, 0.6) is 0 Å². The van der Waals surface area contributed by atoms with Gasteiger partial charge in [0.15, 0.2) is 11.0 Å². The number of hydrogen-bond acceptors (Lipinski definition) is 8. The lowest BCUT2D eigenvalue weighted by Gasteiger charge is -2.10. The maximum Gasteiger partial charge on any atom is 0.270 e.